The Bertz CT molecular complexity index is 1820. The molecule has 1 aromatic carbocycles. The number of nitrogens with zero attached hydrogens (tertiary/aromatic N) is 3. The van der Waals surface area contributed by atoms with Crippen molar-refractivity contribution >= 4 is 47.0 Å². The van der Waals surface area contributed by atoms with Crippen LogP contribution >= 0.6 is 23.9 Å². The van der Waals surface area contributed by atoms with Crippen LogP contribution in [0.5, 0.6) is 5.75 Å². The molecule has 302 valence electrons. The Labute approximate surface area is 313 Å². The number of allylic oxidation sites excluding steroid dienone is 1. The highest BCUT2D eigenvalue weighted by Crippen LogP contribution is 2.64. The quantitative estimate of drug-likeness (QED) is 0.0131. The molecule has 4 rings (SSSR count). The van der Waals surface area contributed by atoms with Gasteiger partial charge in [-0.05, 0) is 34.8 Å². The minimum absolute atomic E-state index is 0. The number of phosphoric ester groups is 1. The molecule has 1 aliphatic rings. The Morgan fingerprint density at radius 2 is 1.69 bits per heavy atom. The van der Waals surface area contributed by atoms with Gasteiger partial charge >= 0.3 is 29.9 Å². The van der Waals surface area contributed by atoms with Crippen LogP contribution in [0.1, 0.15) is 89.2 Å². The average molecular weight is 823 g/mol. The number of anilines is 1. The number of H-pyrrole nitrogens is 1. The van der Waals surface area contributed by atoms with Crippen LogP contribution in [0, 0.1) is 5.92 Å². The van der Waals surface area contributed by atoms with Gasteiger partial charge in [-0.2, -0.15) is 9.29 Å². The number of nitrogen functional groups attached to an aromatic ring is 1. The minimum Gasteiger partial charge on any atom is -0.427 e. The van der Waals surface area contributed by atoms with E-state index in [0.29, 0.717) is 24.2 Å². The number of nitrogens with one attached hydrogen (secondary N) is 1. The second-order valence-electron chi connectivity index (χ2n) is 12.1. The number of carbonyl (C=O) groups is 1. The molecule has 0 amide bonds. The number of aromatic nitrogens is 4. The van der Waals surface area contributed by atoms with Crippen LogP contribution in [0.3, 0.4) is 0 Å². The van der Waals surface area contributed by atoms with Gasteiger partial charge in [0, 0.05) is 16.9 Å². The predicted molar refractivity (Wildman–Crippen MR) is 199 cm³/mol. The number of fused-ring (bicyclic) bond motifs is 1. The summed E-state index contributed by atoms with van der Waals surface area (Å²) < 4.78 is 66.9. The fraction of sp³-hybridized carbons (Fsp3) is 0.548. The molecule has 11 N–H and O–H groups in total. The van der Waals surface area contributed by atoms with E-state index < -0.39 is 48.8 Å². The summed E-state index contributed by atoms with van der Waals surface area (Å²) in [4.78, 5) is 54.5. The lowest BCUT2D eigenvalue weighted by Crippen LogP contribution is -2.14. The summed E-state index contributed by atoms with van der Waals surface area (Å²) in [6.45, 7) is 1.16. The molecule has 0 spiro atoms. The van der Waals surface area contributed by atoms with Gasteiger partial charge in [-0.15, -0.1) is 0 Å². The normalized spacial score (nSPS) is 17.6. The summed E-state index contributed by atoms with van der Waals surface area (Å²) in [5.41, 5.74) is 6.13. The van der Waals surface area contributed by atoms with Crippen LogP contribution in [0.2, 0.25) is 0 Å². The van der Waals surface area contributed by atoms with Crippen molar-refractivity contribution in [2.75, 3.05) is 19.1 Å². The molecule has 1 aliphatic carbocycles. The van der Waals surface area contributed by atoms with Gasteiger partial charge < -0.3 is 37.0 Å². The molecule has 4 unspecified atom stereocenters. The van der Waals surface area contributed by atoms with E-state index in [1.807, 2.05) is 0 Å². The number of esters is 1. The minimum atomic E-state index is -5.39. The van der Waals surface area contributed by atoms with Gasteiger partial charge in [0.25, 0.3) is 5.56 Å². The van der Waals surface area contributed by atoms with Crippen LogP contribution < -0.4 is 28.3 Å². The van der Waals surface area contributed by atoms with E-state index in [4.69, 9.17) is 24.3 Å². The van der Waals surface area contributed by atoms with E-state index >= 15 is 0 Å². The molecular weight excluding hydrogens is 771 g/mol. The molecule has 54 heavy (non-hydrogen) atoms. The molecule has 0 bridgehead atoms. The summed E-state index contributed by atoms with van der Waals surface area (Å²) in [7, 11) is -13.9. The molecule has 0 radical (unpaired) electrons. The number of benzene rings is 1. The Morgan fingerprint density at radius 3 is 2.37 bits per heavy atom. The summed E-state index contributed by atoms with van der Waals surface area (Å²) in [6.07, 6.45) is 15.9. The number of hydrogen-bond donors (Lipinski definition) is 6. The van der Waals surface area contributed by atoms with Gasteiger partial charge in [0.2, 0.25) is 12.7 Å². The van der Waals surface area contributed by atoms with E-state index in [0.717, 1.165) is 19.3 Å². The first-order valence-electron chi connectivity index (χ1n) is 16.9. The van der Waals surface area contributed by atoms with E-state index in [1.54, 1.807) is 41.0 Å². The Kier molecular flexibility index (Phi) is 20.0. The highest BCUT2D eigenvalue weighted by atomic mass is 31.3. The lowest BCUT2D eigenvalue weighted by molar-refractivity contribution is -0.134. The van der Waals surface area contributed by atoms with E-state index in [-0.39, 0.29) is 48.0 Å². The molecular formula is C31H51N7O13P3+. The van der Waals surface area contributed by atoms with Crippen molar-refractivity contribution in [3.8, 4) is 5.75 Å². The number of hydrogen-bond acceptors (Lipinski definition) is 16. The van der Waals surface area contributed by atoms with Gasteiger partial charge in [-0.25, -0.2) is 14.1 Å². The van der Waals surface area contributed by atoms with Crippen LogP contribution in [0.15, 0.2) is 47.5 Å². The predicted octanol–water partition coefficient (Wildman–Crippen LogP) is 7.07. The maximum absolute atomic E-state index is 12.4. The molecule has 0 saturated carbocycles. The number of carbonyl (C=O) groups excluding carboxylic acids is 1. The zero-order valence-electron chi connectivity index (χ0n) is 30.2. The van der Waals surface area contributed by atoms with Crippen molar-refractivity contribution in [3.05, 3.63) is 58.7 Å². The van der Waals surface area contributed by atoms with Crippen LogP contribution in [0.4, 0.5) is 5.95 Å². The third-order valence-electron chi connectivity index (χ3n) is 7.94. The standard InChI is InChI=1S/C31H44N5O13P3.2H3N/c1-2-3-4-5-6-7-8-9-10-11-27(37)47-26-16-13-23(14-17-26)19-44-22-45-50(39)48-52(42,43)49-51(40,41)46-20-24-12-15-25(18-24)36-21-33-28-29(36)34-31(32)35-30(28)38;;/h12-17,21,24-25H,2-11,18-20,22H2,1H3,(H4-,32,34,35,38,40,41,42,43);2*1H3/p+1/t24-,25?;;/m1../s1. The van der Waals surface area contributed by atoms with Crippen LogP contribution in [-0.2, 0) is 47.5 Å². The second kappa shape index (κ2) is 23.0. The van der Waals surface area contributed by atoms with Crippen molar-refractivity contribution < 1.29 is 55.4 Å². The zero-order valence-corrected chi connectivity index (χ0v) is 32.8. The summed E-state index contributed by atoms with van der Waals surface area (Å²) in [6, 6.07) is 6.18. The van der Waals surface area contributed by atoms with Crippen LogP contribution in [-0.4, -0.2) is 48.7 Å². The SMILES string of the molecule is CCCCCCCCCCCC(=O)Oc1ccc(COCO[P+](=O)OP(=O)(O)OP(=O)(O)OC[C@@H]2C=CC(n3cnc4c(=O)[nH]c(N)nc43)C2)cc1.N.N. The molecule has 3 aromatic rings. The van der Waals surface area contributed by atoms with Gasteiger partial charge in [-0.1, -0.05) is 87.1 Å². The Balaban J connectivity index is 0.00000504. The van der Waals surface area contributed by atoms with Gasteiger partial charge in [-0.3, -0.25) is 24.0 Å². The maximum Gasteiger partial charge on any atom is 0.710 e. The van der Waals surface area contributed by atoms with Crippen molar-refractivity contribution in [2.24, 2.45) is 5.92 Å². The second-order valence-corrected chi connectivity index (χ2v) is 16.3. The molecule has 2 aromatic heterocycles. The average Bonchev–Trinajstić information content (AvgIpc) is 3.72. The highest BCUT2D eigenvalue weighted by molar-refractivity contribution is 7.64. The van der Waals surface area contributed by atoms with Crippen molar-refractivity contribution in [1.82, 2.24) is 31.8 Å². The smallest absolute Gasteiger partial charge is 0.427 e. The van der Waals surface area contributed by atoms with Gasteiger partial charge in [0.15, 0.2) is 11.2 Å². The van der Waals surface area contributed by atoms with Crippen molar-refractivity contribution in [2.45, 2.75) is 90.2 Å². The topological polar surface area (TPSA) is 324 Å². The summed E-state index contributed by atoms with van der Waals surface area (Å²) in [5.74, 6) is -0.446. The lowest BCUT2D eigenvalue weighted by Gasteiger charge is -2.16. The van der Waals surface area contributed by atoms with E-state index in [1.165, 1.54) is 44.9 Å². The van der Waals surface area contributed by atoms with Crippen molar-refractivity contribution in [1.29, 1.82) is 0 Å². The van der Waals surface area contributed by atoms with Crippen LogP contribution in [0.25, 0.3) is 11.2 Å². The number of rotatable bonds is 24. The number of nitrogens with two attached hydrogens (primary N) is 1. The number of imidazole rings is 1. The number of aromatic amines is 1. The van der Waals surface area contributed by atoms with Gasteiger partial charge in [0.05, 0.1) is 25.6 Å². The monoisotopic (exact) mass is 822 g/mol. The number of unbranched alkanes of at least 4 members (excludes halogenated alkanes) is 8. The first-order valence-corrected chi connectivity index (χ1v) is 21.0. The summed E-state index contributed by atoms with van der Waals surface area (Å²) >= 11 is 0. The Hall–Kier alpha value is -3.22. The fourth-order valence-electron chi connectivity index (χ4n) is 5.39. The molecule has 23 heteroatoms. The molecule has 2 heterocycles. The maximum atomic E-state index is 12.4. The summed E-state index contributed by atoms with van der Waals surface area (Å²) in [5, 5.41) is 0. The largest absolute Gasteiger partial charge is 0.710 e. The number of ether oxygens (including phenoxy) is 2. The number of phosphoric acid groups is 2. The molecule has 0 saturated heterocycles. The molecule has 20 nitrogen and oxygen atoms in total. The van der Waals surface area contributed by atoms with Crippen molar-refractivity contribution in [3.63, 3.8) is 0 Å². The molecule has 0 fully saturated rings. The zero-order chi connectivity index (χ0) is 37.6. The van der Waals surface area contributed by atoms with Gasteiger partial charge in [0.1, 0.15) is 5.75 Å². The third-order valence-corrected chi connectivity index (χ3v) is 11.7. The first kappa shape index (κ1) is 46.9. The first-order chi connectivity index (χ1) is 24.8. The third kappa shape index (κ3) is 15.9. The van der Waals surface area contributed by atoms with E-state index in [9.17, 15) is 33.1 Å². The molecule has 0 aliphatic heterocycles. The van der Waals surface area contributed by atoms with E-state index in [2.05, 4.69) is 30.5 Å². The Morgan fingerprint density at radius 1 is 1.02 bits per heavy atom. The lowest BCUT2D eigenvalue weighted by atomic mass is 10.1. The highest BCUT2D eigenvalue weighted by Gasteiger charge is 2.44. The fourth-order valence-corrected chi connectivity index (χ4v) is 8.41. The molecule has 5 atom stereocenters.